The smallest absolute Gasteiger partial charge is 0.331 e. The summed E-state index contributed by atoms with van der Waals surface area (Å²) in [5, 5.41) is 14.9. The fourth-order valence-electron chi connectivity index (χ4n) is 5.53. The van der Waals surface area contributed by atoms with Crippen molar-refractivity contribution >= 4 is 35.4 Å². The van der Waals surface area contributed by atoms with Crippen LogP contribution in [0.15, 0.2) is 24.3 Å². The highest BCUT2D eigenvalue weighted by molar-refractivity contribution is 7.09. The Balaban J connectivity index is 0.000000251. The normalized spacial score (nSPS) is 18.2. The maximum atomic E-state index is 12.2. The summed E-state index contributed by atoms with van der Waals surface area (Å²) in [5.41, 5.74) is 4.75. The molecule has 2 aliphatic heterocycles. The summed E-state index contributed by atoms with van der Waals surface area (Å²) in [5.74, 6) is -0.559. The van der Waals surface area contributed by atoms with Crippen molar-refractivity contribution in [3.8, 4) is 6.07 Å². The van der Waals surface area contributed by atoms with Gasteiger partial charge in [-0.3, -0.25) is 9.80 Å². The number of hydrogen-bond donors (Lipinski definition) is 1. The molecule has 2 saturated heterocycles. The van der Waals surface area contributed by atoms with Crippen LogP contribution < -0.4 is 15.1 Å². The molecule has 0 bridgehead atoms. The topological polar surface area (TPSA) is 47.2 Å². The highest BCUT2D eigenvalue weighted by atomic mass is 32.1. The molecule has 0 radical (unpaired) electrons. The molecule has 1 aromatic carbocycles. The third-order valence-electron chi connectivity index (χ3n) is 8.53. The van der Waals surface area contributed by atoms with Crippen LogP contribution in [-0.2, 0) is 13.1 Å². The summed E-state index contributed by atoms with van der Waals surface area (Å²) < 4.78 is 39.5. The van der Waals surface area contributed by atoms with E-state index >= 15 is 0 Å². The number of nitrogens with one attached hydrogen (secondary N) is 1. The number of thiophene rings is 1. The summed E-state index contributed by atoms with van der Waals surface area (Å²) >= 11 is 1.06. The predicted molar refractivity (Wildman–Crippen MR) is 163 cm³/mol. The van der Waals surface area contributed by atoms with Gasteiger partial charge in [0.05, 0.1) is 5.92 Å². The van der Waals surface area contributed by atoms with E-state index in [4.69, 9.17) is 0 Å². The van der Waals surface area contributed by atoms with Gasteiger partial charge < -0.3 is 9.88 Å². The SMILES string of the molecule is C=c1cc(C(C)C(F)(F)F)sc1=C.Cc1c(CN2CCC(C)CC2)ccc2c1cc(C#N)n2CCN1CCNCC1. The molecule has 3 aromatic rings. The summed E-state index contributed by atoms with van der Waals surface area (Å²) in [6, 6.07) is 10.5. The summed E-state index contributed by atoms with van der Waals surface area (Å²) in [6.07, 6.45) is -1.56. The van der Waals surface area contributed by atoms with E-state index in [9.17, 15) is 18.4 Å². The minimum absolute atomic E-state index is 0.280. The molecule has 2 fully saturated rings. The molecule has 1 N–H and O–H groups in total. The molecule has 5 rings (SSSR count). The van der Waals surface area contributed by atoms with Gasteiger partial charge in [-0.15, -0.1) is 11.3 Å². The van der Waals surface area contributed by atoms with Gasteiger partial charge in [-0.25, -0.2) is 0 Å². The molecule has 5 nitrogen and oxygen atoms in total. The highest BCUT2D eigenvalue weighted by Gasteiger charge is 2.37. The molecular weight excluding hydrogens is 543 g/mol. The average Bonchev–Trinajstić information content (AvgIpc) is 3.49. The molecule has 0 spiro atoms. The van der Waals surface area contributed by atoms with Gasteiger partial charge in [0.25, 0.3) is 0 Å². The standard InChI is InChI=1S/C23H33N5.C9H9F3S/c1-18-5-9-27(10-6-18)17-20-3-4-23-22(19(20)2)15-21(16-24)28(23)14-13-26-11-7-25-8-12-26;1-5-4-8(13-7(5)3)6(2)9(10,11)12/h3-4,15,18,25H,5-14,17H2,1-2H3;4,6H,1,3H2,2H3. The second-order valence-electron chi connectivity index (χ2n) is 11.5. The van der Waals surface area contributed by atoms with Crippen molar-refractivity contribution in [1.82, 2.24) is 19.7 Å². The molecule has 1 unspecified atom stereocenters. The Labute approximate surface area is 245 Å². The number of piperidine rings is 1. The quantitative estimate of drug-likeness (QED) is 0.433. The lowest BCUT2D eigenvalue weighted by Crippen LogP contribution is -2.44. The molecule has 0 amide bonds. The Morgan fingerprint density at radius 1 is 1.07 bits per heavy atom. The van der Waals surface area contributed by atoms with E-state index in [0.717, 1.165) is 75.7 Å². The number of alkyl halides is 3. The van der Waals surface area contributed by atoms with Crippen LogP contribution in [0.1, 0.15) is 54.3 Å². The summed E-state index contributed by atoms with van der Waals surface area (Å²) in [4.78, 5) is 5.35. The monoisotopic (exact) mass is 585 g/mol. The van der Waals surface area contributed by atoms with Gasteiger partial charge in [0.2, 0.25) is 0 Å². The van der Waals surface area contributed by atoms with Crippen LogP contribution in [0.3, 0.4) is 0 Å². The van der Waals surface area contributed by atoms with Crippen molar-refractivity contribution < 1.29 is 13.2 Å². The molecular formula is C32H42F3N5S. The Kier molecular flexibility index (Phi) is 10.3. The van der Waals surface area contributed by atoms with Crippen LogP contribution in [0.25, 0.3) is 24.1 Å². The average molecular weight is 586 g/mol. The lowest BCUT2D eigenvalue weighted by atomic mass is 9.97. The molecule has 0 saturated carbocycles. The lowest BCUT2D eigenvalue weighted by molar-refractivity contribution is -0.145. The van der Waals surface area contributed by atoms with Crippen molar-refractivity contribution in [2.75, 3.05) is 45.8 Å². The van der Waals surface area contributed by atoms with Crippen LogP contribution in [-0.4, -0.2) is 66.4 Å². The third kappa shape index (κ3) is 7.81. The van der Waals surface area contributed by atoms with E-state index < -0.39 is 12.1 Å². The zero-order chi connectivity index (χ0) is 29.7. The van der Waals surface area contributed by atoms with E-state index in [1.54, 1.807) is 0 Å². The van der Waals surface area contributed by atoms with Gasteiger partial charge in [0.15, 0.2) is 0 Å². The number of piperazine rings is 1. The number of aryl methyl sites for hydroxylation is 1. The molecule has 2 aliphatic rings. The van der Waals surface area contributed by atoms with Crippen molar-refractivity contribution in [1.29, 1.82) is 5.26 Å². The Morgan fingerprint density at radius 3 is 2.34 bits per heavy atom. The summed E-state index contributed by atoms with van der Waals surface area (Å²) in [6.45, 7) is 22.6. The molecule has 0 aliphatic carbocycles. The molecule has 222 valence electrons. The Morgan fingerprint density at radius 2 is 1.76 bits per heavy atom. The van der Waals surface area contributed by atoms with E-state index in [-0.39, 0.29) is 4.88 Å². The molecule has 1 atom stereocenters. The lowest BCUT2D eigenvalue weighted by Gasteiger charge is -2.30. The van der Waals surface area contributed by atoms with Crippen molar-refractivity contribution in [3.05, 3.63) is 55.7 Å². The predicted octanol–water partition coefficient (Wildman–Crippen LogP) is 5.19. The number of fused-ring (bicyclic) bond motifs is 1. The van der Waals surface area contributed by atoms with Crippen LogP contribution >= 0.6 is 11.3 Å². The fourth-order valence-corrected chi connectivity index (χ4v) is 6.51. The van der Waals surface area contributed by atoms with Gasteiger partial charge in [0.1, 0.15) is 11.8 Å². The number of nitrogens with zero attached hydrogens (tertiary/aromatic N) is 4. The molecule has 4 heterocycles. The first-order valence-corrected chi connectivity index (χ1v) is 15.3. The zero-order valence-electron chi connectivity index (χ0n) is 24.5. The van der Waals surface area contributed by atoms with Gasteiger partial charge in [0, 0.05) is 66.1 Å². The van der Waals surface area contributed by atoms with Crippen molar-refractivity contribution in [2.24, 2.45) is 5.92 Å². The number of hydrogen-bond acceptors (Lipinski definition) is 5. The highest BCUT2D eigenvalue weighted by Crippen LogP contribution is 2.34. The number of nitriles is 1. The minimum atomic E-state index is -4.18. The van der Waals surface area contributed by atoms with E-state index in [1.807, 2.05) is 0 Å². The van der Waals surface area contributed by atoms with E-state index in [2.05, 4.69) is 71.0 Å². The maximum Gasteiger partial charge on any atom is 0.396 e. The van der Waals surface area contributed by atoms with Crippen LogP contribution in [0.4, 0.5) is 13.2 Å². The second-order valence-corrected chi connectivity index (χ2v) is 12.7. The number of rotatable bonds is 6. The first-order chi connectivity index (χ1) is 19.5. The first-order valence-electron chi connectivity index (χ1n) is 14.5. The van der Waals surface area contributed by atoms with Gasteiger partial charge >= 0.3 is 6.18 Å². The van der Waals surface area contributed by atoms with Gasteiger partial charge in [-0.2, -0.15) is 18.4 Å². The van der Waals surface area contributed by atoms with Crippen LogP contribution in [0.5, 0.6) is 0 Å². The number of aromatic nitrogens is 1. The maximum absolute atomic E-state index is 12.2. The number of halogens is 3. The minimum Gasteiger partial charge on any atom is -0.331 e. The van der Waals surface area contributed by atoms with Gasteiger partial charge in [-0.05, 0) is 80.2 Å². The van der Waals surface area contributed by atoms with Crippen LogP contribution in [0, 0.1) is 24.2 Å². The largest absolute Gasteiger partial charge is 0.396 e. The van der Waals surface area contributed by atoms with E-state index in [0.29, 0.717) is 9.75 Å². The van der Waals surface area contributed by atoms with Crippen molar-refractivity contribution in [3.63, 3.8) is 0 Å². The Bertz CT molecular complexity index is 1430. The zero-order valence-corrected chi connectivity index (χ0v) is 25.3. The summed E-state index contributed by atoms with van der Waals surface area (Å²) in [7, 11) is 0. The first kappa shape index (κ1) is 31.3. The van der Waals surface area contributed by atoms with E-state index in [1.165, 1.54) is 54.0 Å². The molecule has 2 aromatic heterocycles. The number of benzene rings is 1. The third-order valence-corrected chi connectivity index (χ3v) is 9.75. The second kappa shape index (κ2) is 13.6. The van der Waals surface area contributed by atoms with Gasteiger partial charge in [-0.1, -0.05) is 26.1 Å². The fraction of sp³-hybridized carbons (Fsp3) is 0.531. The number of likely N-dealkylation sites (tertiary alicyclic amines) is 1. The molecule has 41 heavy (non-hydrogen) atoms. The van der Waals surface area contributed by atoms with Crippen molar-refractivity contribution in [2.45, 2.75) is 58.8 Å². The molecule has 9 heteroatoms. The van der Waals surface area contributed by atoms with Crippen LogP contribution in [0.2, 0.25) is 0 Å². The Hall–Kier alpha value is -2.64.